The zero-order valence-corrected chi connectivity index (χ0v) is 21.5. The van der Waals surface area contributed by atoms with Crippen LogP contribution >= 0.6 is 0 Å². The molecular weight excluding hydrogens is 457 g/mol. The van der Waals surface area contributed by atoms with E-state index in [0.29, 0.717) is 31.8 Å². The van der Waals surface area contributed by atoms with E-state index in [-0.39, 0.29) is 11.7 Å². The van der Waals surface area contributed by atoms with Gasteiger partial charge in [0.05, 0.1) is 31.0 Å². The Labute approximate surface area is 213 Å². The molecule has 2 heterocycles. The van der Waals surface area contributed by atoms with E-state index < -0.39 is 0 Å². The number of benzene rings is 2. The molecule has 1 fully saturated rings. The van der Waals surface area contributed by atoms with E-state index >= 15 is 0 Å². The largest absolute Gasteiger partial charge is 0.383 e. The smallest absolute Gasteiger partial charge is 0.227 e. The fourth-order valence-corrected chi connectivity index (χ4v) is 4.69. The summed E-state index contributed by atoms with van der Waals surface area (Å²) >= 11 is 0. The second-order valence-electron chi connectivity index (χ2n) is 9.17. The first-order valence-corrected chi connectivity index (χ1v) is 12.6. The van der Waals surface area contributed by atoms with Crippen molar-refractivity contribution in [1.29, 1.82) is 0 Å². The highest BCUT2D eigenvalue weighted by Crippen LogP contribution is 2.30. The van der Waals surface area contributed by atoms with Crippen LogP contribution in [0.2, 0.25) is 0 Å². The number of anilines is 1. The Morgan fingerprint density at radius 3 is 2.50 bits per heavy atom. The molecular formula is C28H36FN5O2. The van der Waals surface area contributed by atoms with Crippen molar-refractivity contribution >= 4 is 11.7 Å². The Morgan fingerprint density at radius 2 is 1.83 bits per heavy atom. The van der Waals surface area contributed by atoms with Crippen LogP contribution < -0.4 is 4.90 Å². The molecule has 0 unspecified atom stereocenters. The maximum absolute atomic E-state index is 14.2. The summed E-state index contributed by atoms with van der Waals surface area (Å²) in [7, 11) is 1.64. The fraction of sp³-hybridized carbons (Fsp3) is 0.429. The van der Waals surface area contributed by atoms with Gasteiger partial charge < -0.3 is 19.4 Å². The van der Waals surface area contributed by atoms with E-state index in [1.165, 1.54) is 12.1 Å². The standard InChI is InChI=1S/C28H36FN5O2/c1-4-31-13-15-32(16-14-31)28-26(22(2)30-34(28)25-12-8-11-24(29)20-25)21-33(17-18-36-3)27(35)19-23-9-6-5-7-10-23/h5-12,20H,4,13-19,21H2,1-3H3. The van der Waals surface area contributed by atoms with Gasteiger partial charge in [0.1, 0.15) is 11.6 Å². The van der Waals surface area contributed by atoms with E-state index in [1.807, 2.05) is 52.9 Å². The molecule has 36 heavy (non-hydrogen) atoms. The zero-order chi connectivity index (χ0) is 25.5. The lowest BCUT2D eigenvalue weighted by Crippen LogP contribution is -2.47. The maximum Gasteiger partial charge on any atom is 0.227 e. The molecule has 192 valence electrons. The van der Waals surface area contributed by atoms with Gasteiger partial charge in [0, 0.05) is 45.4 Å². The van der Waals surface area contributed by atoms with Crippen LogP contribution in [0.15, 0.2) is 54.6 Å². The molecule has 1 aliphatic heterocycles. The van der Waals surface area contributed by atoms with Crippen LogP contribution in [-0.2, 0) is 22.5 Å². The van der Waals surface area contributed by atoms with Crippen LogP contribution in [0.5, 0.6) is 0 Å². The predicted molar refractivity (Wildman–Crippen MR) is 140 cm³/mol. The minimum atomic E-state index is -0.302. The number of halogens is 1. The molecule has 0 N–H and O–H groups in total. The number of carbonyl (C=O) groups is 1. The molecule has 2 aromatic carbocycles. The Bertz CT molecular complexity index is 1140. The molecule has 1 aromatic heterocycles. The van der Waals surface area contributed by atoms with Gasteiger partial charge in [0.25, 0.3) is 0 Å². The number of hydrogen-bond acceptors (Lipinski definition) is 5. The minimum Gasteiger partial charge on any atom is -0.383 e. The topological polar surface area (TPSA) is 53.8 Å². The van der Waals surface area contributed by atoms with Crippen LogP contribution in [0, 0.1) is 12.7 Å². The first-order chi connectivity index (χ1) is 17.5. The van der Waals surface area contributed by atoms with Crippen LogP contribution in [0.4, 0.5) is 10.2 Å². The second-order valence-corrected chi connectivity index (χ2v) is 9.17. The Morgan fingerprint density at radius 1 is 1.08 bits per heavy atom. The summed E-state index contributed by atoms with van der Waals surface area (Å²) in [4.78, 5) is 20.0. The highest BCUT2D eigenvalue weighted by molar-refractivity contribution is 5.79. The molecule has 3 aromatic rings. The Hall–Kier alpha value is -3.23. The first-order valence-electron chi connectivity index (χ1n) is 12.6. The average Bonchev–Trinajstić information content (AvgIpc) is 3.22. The van der Waals surface area contributed by atoms with Crippen LogP contribution in [-0.4, -0.2) is 78.5 Å². The maximum atomic E-state index is 14.2. The van der Waals surface area contributed by atoms with E-state index in [1.54, 1.807) is 13.2 Å². The fourth-order valence-electron chi connectivity index (χ4n) is 4.69. The van der Waals surface area contributed by atoms with Crippen molar-refractivity contribution in [1.82, 2.24) is 19.6 Å². The van der Waals surface area contributed by atoms with Crippen molar-refractivity contribution < 1.29 is 13.9 Å². The van der Waals surface area contributed by atoms with Gasteiger partial charge in [0.15, 0.2) is 0 Å². The molecule has 1 aliphatic rings. The van der Waals surface area contributed by atoms with Crippen LogP contribution in [0.25, 0.3) is 5.69 Å². The molecule has 7 nitrogen and oxygen atoms in total. The van der Waals surface area contributed by atoms with Gasteiger partial charge in [-0.2, -0.15) is 5.10 Å². The lowest BCUT2D eigenvalue weighted by molar-refractivity contribution is -0.131. The van der Waals surface area contributed by atoms with Crippen molar-refractivity contribution in [2.24, 2.45) is 0 Å². The molecule has 0 aliphatic carbocycles. The predicted octanol–water partition coefficient (Wildman–Crippen LogP) is 3.68. The molecule has 0 spiro atoms. The summed E-state index contributed by atoms with van der Waals surface area (Å²) in [5.74, 6) is 0.672. The van der Waals surface area contributed by atoms with E-state index in [2.05, 4.69) is 16.7 Å². The average molecular weight is 494 g/mol. The number of methoxy groups -OCH3 is 1. The molecule has 0 atom stereocenters. The number of aryl methyl sites for hydroxylation is 1. The van der Waals surface area contributed by atoms with Crippen molar-refractivity contribution in [3.05, 3.63) is 77.2 Å². The number of rotatable bonds is 10. The molecule has 0 saturated carbocycles. The minimum absolute atomic E-state index is 0.0397. The van der Waals surface area contributed by atoms with Crippen molar-refractivity contribution in [3.63, 3.8) is 0 Å². The summed E-state index contributed by atoms with van der Waals surface area (Å²) in [6, 6.07) is 16.3. The third-order valence-electron chi connectivity index (χ3n) is 6.79. The van der Waals surface area contributed by atoms with Crippen molar-refractivity contribution in [3.8, 4) is 5.69 Å². The van der Waals surface area contributed by atoms with E-state index in [4.69, 9.17) is 9.84 Å². The Balaban J connectivity index is 1.69. The number of carbonyl (C=O) groups excluding carboxylic acids is 1. The number of aromatic nitrogens is 2. The van der Waals surface area contributed by atoms with Gasteiger partial charge in [-0.3, -0.25) is 4.79 Å². The number of amides is 1. The summed E-state index contributed by atoms with van der Waals surface area (Å²) in [6.45, 7) is 10.1. The van der Waals surface area contributed by atoms with Gasteiger partial charge in [0.2, 0.25) is 5.91 Å². The van der Waals surface area contributed by atoms with Crippen molar-refractivity contribution in [2.45, 2.75) is 26.8 Å². The van der Waals surface area contributed by atoms with Crippen LogP contribution in [0.1, 0.15) is 23.7 Å². The summed E-state index contributed by atoms with van der Waals surface area (Å²) < 4.78 is 21.3. The molecule has 0 radical (unpaired) electrons. The van der Waals surface area contributed by atoms with Gasteiger partial charge in [-0.15, -0.1) is 0 Å². The third-order valence-corrected chi connectivity index (χ3v) is 6.79. The number of hydrogen-bond donors (Lipinski definition) is 0. The highest BCUT2D eigenvalue weighted by atomic mass is 19.1. The first kappa shape index (κ1) is 25.9. The van der Waals surface area contributed by atoms with Gasteiger partial charge in [-0.1, -0.05) is 43.3 Å². The monoisotopic (exact) mass is 493 g/mol. The third kappa shape index (κ3) is 6.12. The Kier molecular flexibility index (Phi) is 8.72. The summed E-state index contributed by atoms with van der Waals surface area (Å²) in [5, 5.41) is 4.84. The SMILES string of the molecule is CCN1CCN(c2c(CN(CCOC)C(=O)Cc3ccccc3)c(C)nn2-c2cccc(F)c2)CC1. The lowest BCUT2D eigenvalue weighted by atomic mass is 10.1. The van der Waals surface area contributed by atoms with Gasteiger partial charge in [-0.25, -0.2) is 9.07 Å². The van der Waals surface area contributed by atoms with Crippen LogP contribution in [0.3, 0.4) is 0 Å². The normalized spacial score (nSPS) is 14.3. The van der Waals surface area contributed by atoms with Gasteiger partial charge in [-0.05, 0) is 37.2 Å². The number of nitrogens with zero attached hydrogens (tertiary/aromatic N) is 5. The lowest BCUT2D eigenvalue weighted by Gasteiger charge is -2.36. The second kappa shape index (κ2) is 12.1. The van der Waals surface area contributed by atoms with E-state index in [0.717, 1.165) is 55.4 Å². The summed E-state index contributed by atoms with van der Waals surface area (Å²) in [6.07, 6.45) is 0.326. The number of piperazine rings is 1. The quantitative estimate of drug-likeness (QED) is 0.431. The number of likely N-dealkylation sites (N-methyl/N-ethyl adjacent to an activating group) is 1. The van der Waals surface area contributed by atoms with Crippen molar-refractivity contribution in [2.75, 3.05) is 57.9 Å². The summed E-state index contributed by atoms with van der Waals surface area (Å²) in [5.41, 5.74) is 3.48. The van der Waals surface area contributed by atoms with E-state index in [9.17, 15) is 9.18 Å². The molecule has 1 saturated heterocycles. The molecule has 8 heteroatoms. The molecule has 0 bridgehead atoms. The highest BCUT2D eigenvalue weighted by Gasteiger charge is 2.27. The number of ether oxygens (including phenoxy) is 1. The molecule has 4 rings (SSSR count). The zero-order valence-electron chi connectivity index (χ0n) is 21.5. The van der Waals surface area contributed by atoms with Gasteiger partial charge >= 0.3 is 0 Å². The molecule has 1 amide bonds.